The van der Waals surface area contributed by atoms with E-state index in [2.05, 4.69) is 9.97 Å². The first-order chi connectivity index (χ1) is 6.66. The van der Waals surface area contributed by atoms with Gasteiger partial charge < -0.3 is 10.6 Å². The number of hydrogen-bond acceptors (Lipinski definition) is 4. The van der Waals surface area contributed by atoms with Gasteiger partial charge in [0, 0.05) is 13.6 Å². The van der Waals surface area contributed by atoms with Crippen LogP contribution in [-0.2, 0) is 0 Å². The van der Waals surface area contributed by atoms with E-state index in [-0.39, 0.29) is 5.95 Å². The van der Waals surface area contributed by atoms with Gasteiger partial charge in [0.25, 0.3) is 0 Å². The van der Waals surface area contributed by atoms with Gasteiger partial charge in [-0.05, 0) is 18.8 Å². The van der Waals surface area contributed by atoms with E-state index in [9.17, 15) is 4.39 Å². The van der Waals surface area contributed by atoms with Gasteiger partial charge in [-0.25, -0.2) is 9.37 Å². The molecule has 0 aliphatic heterocycles. The molecule has 1 aliphatic carbocycles. The van der Waals surface area contributed by atoms with Gasteiger partial charge in [0.1, 0.15) is 0 Å². The number of nitrogen functional groups attached to an aromatic ring is 1. The molecule has 5 heteroatoms. The van der Waals surface area contributed by atoms with Crippen LogP contribution in [0.1, 0.15) is 12.8 Å². The van der Waals surface area contributed by atoms with Crippen LogP contribution >= 0.6 is 0 Å². The van der Waals surface area contributed by atoms with Crippen LogP contribution in [-0.4, -0.2) is 23.6 Å². The molecule has 0 aromatic carbocycles. The van der Waals surface area contributed by atoms with Gasteiger partial charge in [-0.1, -0.05) is 0 Å². The first kappa shape index (κ1) is 9.18. The van der Waals surface area contributed by atoms with Gasteiger partial charge in [0.15, 0.2) is 11.6 Å². The lowest BCUT2D eigenvalue weighted by molar-refractivity contribution is 0.605. The average molecular weight is 196 g/mol. The Morgan fingerprint density at radius 3 is 3.00 bits per heavy atom. The van der Waals surface area contributed by atoms with E-state index in [0.717, 1.165) is 12.7 Å². The maximum absolute atomic E-state index is 13.3. The number of rotatable bonds is 3. The van der Waals surface area contributed by atoms with Crippen LogP contribution in [0.15, 0.2) is 6.20 Å². The maximum atomic E-state index is 13.3. The molecule has 14 heavy (non-hydrogen) atoms. The number of anilines is 2. The minimum Gasteiger partial charge on any atom is -0.368 e. The summed E-state index contributed by atoms with van der Waals surface area (Å²) in [5.41, 5.74) is 5.40. The molecule has 0 radical (unpaired) electrons. The molecule has 0 saturated heterocycles. The van der Waals surface area contributed by atoms with Crippen molar-refractivity contribution < 1.29 is 4.39 Å². The number of nitrogens with zero attached hydrogens (tertiary/aromatic N) is 3. The quantitative estimate of drug-likeness (QED) is 0.784. The van der Waals surface area contributed by atoms with Crippen molar-refractivity contribution in [2.24, 2.45) is 5.92 Å². The third-order valence-corrected chi connectivity index (χ3v) is 2.33. The Hall–Kier alpha value is -1.39. The maximum Gasteiger partial charge on any atom is 0.222 e. The average Bonchev–Trinajstić information content (AvgIpc) is 2.93. The molecule has 1 aromatic rings. The van der Waals surface area contributed by atoms with Crippen LogP contribution in [0.5, 0.6) is 0 Å². The summed E-state index contributed by atoms with van der Waals surface area (Å²) in [5, 5.41) is 0. The highest BCUT2D eigenvalue weighted by molar-refractivity contribution is 5.41. The third kappa shape index (κ3) is 1.92. The number of nitrogens with two attached hydrogens (primary N) is 1. The zero-order valence-corrected chi connectivity index (χ0v) is 8.07. The molecule has 1 fully saturated rings. The lowest BCUT2D eigenvalue weighted by Gasteiger charge is -2.17. The van der Waals surface area contributed by atoms with E-state index in [0.29, 0.717) is 11.7 Å². The predicted molar refractivity (Wildman–Crippen MR) is 52.4 cm³/mol. The molecular weight excluding hydrogens is 183 g/mol. The van der Waals surface area contributed by atoms with E-state index in [4.69, 9.17) is 5.73 Å². The highest BCUT2D eigenvalue weighted by Gasteiger charge is 2.24. The summed E-state index contributed by atoms with van der Waals surface area (Å²) in [6.45, 7) is 0.841. The predicted octanol–water partition coefficient (Wildman–Crippen LogP) is 1.04. The molecule has 0 unspecified atom stereocenters. The van der Waals surface area contributed by atoms with Crippen LogP contribution in [0.25, 0.3) is 0 Å². The van der Waals surface area contributed by atoms with E-state index in [1.54, 1.807) is 4.90 Å². The van der Waals surface area contributed by atoms with Crippen LogP contribution in [0, 0.1) is 11.7 Å². The minimum atomic E-state index is -0.414. The summed E-state index contributed by atoms with van der Waals surface area (Å²) in [4.78, 5) is 9.25. The molecule has 76 valence electrons. The Balaban J connectivity index is 2.15. The van der Waals surface area contributed by atoms with Crippen molar-refractivity contribution in [3.05, 3.63) is 12.0 Å². The van der Waals surface area contributed by atoms with Crippen LogP contribution in [0.4, 0.5) is 16.2 Å². The molecule has 1 aliphatic rings. The second-order valence-corrected chi connectivity index (χ2v) is 3.72. The normalized spacial score (nSPS) is 15.6. The largest absolute Gasteiger partial charge is 0.368 e. The molecule has 0 spiro atoms. The number of halogens is 1. The lowest BCUT2D eigenvalue weighted by atomic mass is 10.4. The second kappa shape index (κ2) is 3.40. The Kier molecular flexibility index (Phi) is 2.23. The summed E-state index contributed by atoms with van der Waals surface area (Å²) in [7, 11) is 1.82. The summed E-state index contributed by atoms with van der Waals surface area (Å²) in [5.74, 6) is 0.686. The monoisotopic (exact) mass is 196 g/mol. The van der Waals surface area contributed by atoms with Gasteiger partial charge in [-0.2, -0.15) is 4.98 Å². The molecule has 0 bridgehead atoms. The fourth-order valence-corrected chi connectivity index (χ4v) is 1.41. The summed E-state index contributed by atoms with van der Waals surface area (Å²) >= 11 is 0. The lowest BCUT2D eigenvalue weighted by Crippen LogP contribution is -2.23. The van der Waals surface area contributed by atoms with Crippen molar-refractivity contribution in [3.8, 4) is 0 Å². The van der Waals surface area contributed by atoms with E-state index in [1.807, 2.05) is 7.05 Å². The highest BCUT2D eigenvalue weighted by Crippen LogP contribution is 2.30. The first-order valence-corrected chi connectivity index (χ1v) is 4.66. The van der Waals surface area contributed by atoms with Gasteiger partial charge in [-0.15, -0.1) is 0 Å². The van der Waals surface area contributed by atoms with Crippen molar-refractivity contribution in [2.45, 2.75) is 12.8 Å². The van der Waals surface area contributed by atoms with E-state index >= 15 is 0 Å². The molecule has 2 rings (SSSR count). The molecule has 0 atom stereocenters. The second-order valence-electron chi connectivity index (χ2n) is 3.72. The molecule has 2 N–H and O–H groups in total. The third-order valence-electron chi connectivity index (χ3n) is 2.33. The molecule has 0 amide bonds. The van der Waals surface area contributed by atoms with Gasteiger partial charge >= 0.3 is 0 Å². The van der Waals surface area contributed by atoms with Gasteiger partial charge in [-0.3, -0.25) is 0 Å². The minimum absolute atomic E-state index is 0.115. The van der Waals surface area contributed by atoms with E-state index < -0.39 is 5.82 Å². The van der Waals surface area contributed by atoms with Gasteiger partial charge in [0.05, 0.1) is 6.20 Å². The Bertz CT molecular complexity index is 338. The molecular formula is C9H13FN4. The number of aromatic nitrogens is 2. The molecule has 1 saturated carbocycles. The zero-order chi connectivity index (χ0) is 10.1. The summed E-state index contributed by atoms with van der Waals surface area (Å²) < 4.78 is 13.3. The SMILES string of the molecule is CN(CC1CC1)c1nc(N)ncc1F. The van der Waals surface area contributed by atoms with Crippen molar-refractivity contribution in [2.75, 3.05) is 24.2 Å². The zero-order valence-electron chi connectivity index (χ0n) is 8.07. The molecule has 1 aromatic heterocycles. The fraction of sp³-hybridized carbons (Fsp3) is 0.556. The smallest absolute Gasteiger partial charge is 0.222 e. The van der Waals surface area contributed by atoms with Crippen LogP contribution in [0.2, 0.25) is 0 Å². The summed E-state index contributed by atoms with van der Waals surface area (Å²) in [6, 6.07) is 0. The molecule has 1 heterocycles. The summed E-state index contributed by atoms with van der Waals surface area (Å²) in [6.07, 6.45) is 3.57. The van der Waals surface area contributed by atoms with Crippen molar-refractivity contribution in [1.29, 1.82) is 0 Å². The first-order valence-electron chi connectivity index (χ1n) is 4.66. The van der Waals surface area contributed by atoms with E-state index in [1.165, 1.54) is 12.8 Å². The van der Waals surface area contributed by atoms with Crippen LogP contribution in [0.3, 0.4) is 0 Å². The number of hydrogen-bond donors (Lipinski definition) is 1. The molecule has 4 nitrogen and oxygen atoms in total. The topological polar surface area (TPSA) is 55.0 Å². The Morgan fingerprint density at radius 1 is 1.64 bits per heavy atom. The van der Waals surface area contributed by atoms with Gasteiger partial charge in [0.2, 0.25) is 5.95 Å². The fourth-order valence-electron chi connectivity index (χ4n) is 1.41. The van der Waals surface area contributed by atoms with Crippen LogP contribution < -0.4 is 10.6 Å². The Labute approximate surface area is 82.0 Å². The van der Waals surface area contributed by atoms with Crippen molar-refractivity contribution >= 4 is 11.8 Å². The Morgan fingerprint density at radius 2 is 2.36 bits per heavy atom. The standard InChI is InChI=1S/C9H13FN4/c1-14(5-6-2-3-6)8-7(10)4-12-9(11)13-8/h4,6H,2-3,5H2,1H3,(H2,11,12,13). The highest BCUT2D eigenvalue weighted by atomic mass is 19.1. The van der Waals surface area contributed by atoms with Crippen molar-refractivity contribution in [1.82, 2.24) is 9.97 Å². The van der Waals surface area contributed by atoms with Crippen molar-refractivity contribution in [3.63, 3.8) is 0 Å².